The third-order valence-electron chi connectivity index (χ3n) is 4.82. The summed E-state index contributed by atoms with van der Waals surface area (Å²) in [5.41, 5.74) is 3.13. The third-order valence-corrected chi connectivity index (χ3v) is 5.31. The van der Waals surface area contributed by atoms with Crippen LogP contribution in [0.15, 0.2) is 58.1 Å². The Hall–Kier alpha value is -1.81. The third kappa shape index (κ3) is 2.36. The Morgan fingerprint density at radius 1 is 1.26 bits per heavy atom. The number of rotatable bonds is 2. The van der Waals surface area contributed by atoms with Crippen molar-refractivity contribution in [2.45, 2.75) is 38.5 Å². The molecule has 2 aliphatic rings. The molecule has 4 heteroatoms. The molecule has 2 aromatic rings. The van der Waals surface area contributed by atoms with E-state index in [1.165, 1.54) is 11.1 Å². The minimum atomic E-state index is -0.401. The lowest BCUT2D eigenvalue weighted by atomic mass is 9.94. The van der Waals surface area contributed by atoms with Gasteiger partial charge in [0, 0.05) is 22.9 Å². The van der Waals surface area contributed by atoms with Gasteiger partial charge >= 0.3 is 0 Å². The molecule has 3 nitrogen and oxygen atoms in total. The number of hydrogen-bond acceptors (Lipinski definition) is 3. The Morgan fingerprint density at radius 2 is 2.04 bits per heavy atom. The molecule has 0 amide bonds. The van der Waals surface area contributed by atoms with E-state index in [4.69, 9.17) is 9.84 Å². The van der Waals surface area contributed by atoms with E-state index in [2.05, 4.69) is 71.2 Å². The Morgan fingerprint density at radius 3 is 2.78 bits per heavy atom. The molecule has 0 unspecified atom stereocenters. The standard InChI is InChI=1S/C19H19BrN2O/c1-3-19(2)22-17(15-11-14(20)9-10-18(15)23-19)12-16(21-22)13-7-5-4-6-8-13/h4-11,17H,3,12H2,1-2H3/t17-,19+/m0/s1. The van der Waals surface area contributed by atoms with Crippen molar-refractivity contribution in [1.29, 1.82) is 0 Å². The zero-order valence-corrected chi connectivity index (χ0v) is 14.9. The lowest BCUT2D eigenvalue weighted by Crippen LogP contribution is -2.50. The quantitative estimate of drug-likeness (QED) is 0.732. The summed E-state index contributed by atoms with van der Waals surface area (Å²) in [7, 11) is 0. The lowest BCUT2D eigenvalue weighted by molar-refractivity contribution is -0.108. The average Bonchev–Trinajstić information content (AvgIpc) is 3.03. The number of benzene rings is 2. The first kappa shape index (κ1) is 14.8. The lowest BCUT2D eigenvalue weighted by Gasteiger charge is -2.45. The monoisotopic (exact) mass is 370 g/mol. The topological polar surface area (TPSA) is 24.8 Å². The van der Waals surface area contributed by atoms with Gasteiger partial charge in [0.15, 0.2) is 5.72 Å². The van der Waals surface area contributed by atoms with Crippen LogP contribution in [0.3, 0.4) is 0 Å². The van der Waals surface area contributed by atoms with Crippen molar-refractivity contribution in [2.24, 2.45) is 5.10 Å². The van der Waals surface area contributed by atoms with Crippen molar-refractivity contribution in [3.63, 3.8) is 0 Å². The number of halogens is 1. The summed E-state index contributed by atoms with van der Waals surface area (Å²) in [6.45, 7) is 4.28. The van der Waals surface area contributed by atoms with Crippen LogP contribution < -0.4 is 4.74 Å². The molecule has 0 aromatic heterocycles. The zero-order valence-electron chi connectivity index (χ0n) is 13.3. The van der Waals surface area contributed by atoms with Crippen LogP contribution in [0.5, 0.6) is 5.75 Å². The molecule has 0 aliphatic carbocycles. The predicted octanol–water partition coefficient (Wildman–Crippen LogP) is 5.12. The van der Waals surface area contributed by atoms with E-state index in [1.54, 1.807) is 0 Å². The van der Waals surface area contributed by atoms with Gasteiger partial charge in [0.2, 0.25) is 0 Å². The Kier molecular flexibility index (Phi) is 3.45. The molecule has 0 bridgehead atoms. The van der Waals surface area contributed by atoms with Crippen LogP contribution in [0, 0.1) is 0 Å². The van der Waals surface area contributed by atoms with Gasteiger partial charge < -0.3 is 4.74 Å². The maximum Gasteiger partial charge on any atom is 0.195 e. The molecule has 0 spiro atoms. The van der Waals surface area contributed by atoms with Gasteiger partial charge in [-0.25, -0.2) is 5.01 Å². The summed E-state index contributed by atoms with van der Waals surface area (Å²) >= 11 is 3.58. The highest BCUT2D eigenvalue weighted by Crippen LogP contribution is 2.48. The maximum absolute atomic E-state index is 6.32. The molecule has 4 rings (SSSR count). The molecule has 2 atom stereocenters. The molecular weight excluding hydrogens is 352 g/mol. The molecule has 2 aromatic carbocycles. The van der Waals surface area contributed by atoms with Crippen molar-refractivity contribution < 1.29 is 4.74 Å². The van der Waals surface area contributed by atoms with E-state index in [-0.39, 0.29) is 6.04 Å². The molecule has 23 heavy (non-hydrogen) atoms. The highest BCUT2D eigenvalue weighted by Gasteiger charge is 2.46. The van der Waals surface area contributed by atoms with Gasteiger partial charge in [-0.3, -0.25) is 0 Å². The predicted molar refractivity (Wildman–Crippen MR) is 95.6 cm³/mol. The molecule has 0 saturated carbocycles. The number of hydrogen-bond donors (Lipinski definition) is 0. The fourth-order valence-electron chi connectivity index (χ4n) is 3.38. The van der Waals surface area contributed by atoms with Crippen molar-refractivity contribution in [1.82, 2.24) is 5.01 Å². The molecule has 0 radical (unpaired) electrons. The minimum Gasteiger partial charge on any atom is -0.466 e. The van der Waals surface area contributed by atoms with Crippen molar-refractivity contribution in [3.8, 4) is 5.75 Å². The molecule has 0 N–H and O–H groups in total. The van der Waals surface area contributed by atoms with Gasteiger partial charge in [-0.05, 0) is 30.7 Å². The molecule has 2 aliphatic heterocycles. The highest BCUT2D eigenvalue weighted by atomic mass is 79.9. The summed E-state index contributed by atoms with van der Waals surface area (Å²) in [5, 5.41) is 7.10. The van der Waals surface area contributed by atoms with Crippen LogP contribution in [-0.4, -0.2) is 16.4 Å². The largest absolute Gasteiger partial charge is 0.466 e. The van der Waals surface area contributed by atoms with Gasteiger partial charge in [-0.2, -0.15) is 5.10 Å². The van der Waals surface area contributed by atoms with Gasteiger partial charge in [0.25, 0.3) is 0 Å². The zero-order chi connectivity index (χ0) is 16.0. The number of hydrazone groups is 1. The van der Waals surface area contributed by atoms with Crippen LogP contribution in [0.1, 0.15) is 43.9 Å². The Balaban J connectivity index is 1.80. The van der Waals surface area contributed by atoms with Crippen LogP contribution in [-0.2, 0) is 0 Å². The fraction of sp³-hybridized carbons (Fsp3) is 0.316. The SMILES string of the molecule is CC[C@@]1(C)Oc2ccc(Br)cc2[C@@H]2CC(c3ccccc3)=NN21. The van der Waals surface area contributed by atoms with Gasteiger partial charge in [-0.1, -0.05) is 53.2 Å². The fourth-order valence-corrected chi connectivity index (χ4v) is 3.76. The first-order valence-electron chi connectivity index (χ1n) is 8.01. The molecule has 118 valence electrons. The molecule has 2 heterocycles. The number of ether oxygens (including phenoxy) is 1. The minimum absolute atomic E-state index is 0.233. The smallest absolute Gasteiger partial charge is 0.195 e. The van der Waals surface area contributed by atoms with E-state index in [0.717, 1.165) is 28.8 Å². The van der Waals surface area contributed by atoms with Crippen LogP contribution >= 0.6 is 15.9 Å². The van der Waals surface area contributed by atoms with Crippen molar-refractivity contribution >= 4 is 21.6 Å². The van der Waals surface area contributed by atoms with Gasteiger partial charge in [-0.15, -0.1) is 0 Å². The van der Waals surface area contributed by atoms with E-state index in [0.29, 0.717) is 0 Å². The Labute approximate surface area is 145 Å². The maximum atomic E-state index is 6.32. The second-order valence-electron chi connectivity index (χ2n) is 6.29. The normalized spacial score (nSPS) is 25.4. The summed E-state index contributed by atoms with van der Waals surface area (Å²) in [6.07, 6.45) is 1.79. The second kappa shape index (κ2) is 5.38. The molecule has 0 fully saturated rings. The van der Waals surface area contributed by atoms with Crippen molar-refractivity contribution in [3.05, 3.63) is 64.1 Å². The van der Waals surface area contributed by atoms with E-state index < -0.39 is 5.72 Å². The summed E-state index contributed by atoms with van der Waals surface area (Å²) in [4.78, 5) is 0. The number of fused-ring (bicyclic) bond motifs is 3. The highest BCUT2D eigenvalue weighted by molar-refractivity contribution is 9.10. The molecular formula is C19H19BrN2O. The summed E-state index contributed by atoms with van der Waals surface area (Å²) in [6, 6.07) is 16.9. The van der Waals surface area contributed by atoms with E-state index >= 15 is 0 Å². The first-order chi connectivity index (χ1) is 11.1. The second-order valence-corrected chi connectivity index (χ2v) is 7.21. The summed E-state index contributed by atoms with van der Waals surface area (Å²) < 4.78 is 7.40. The van der Waals surface area contributed by atoms with Crippen LogP contribution in [0.4, 0.5) is 0 Å². The van der Waals surface area contributed by atoms with Crippen LogP contribution in [0.2, 0.25) is 0 Å². The van der Waals surface area contributed by atoms with Crippen molar-refractivity contribution in [2.75, 3.05) is 0 Å². The number of nitrogens with zero attached hydrogens (tertiary/aromatic N) is 2. The first-order valence-corrected chi connectivity index (χ1v) is 8.81. The van der Waals surface area contributed by atoms with E-state index in [9.17, 15) is 0 Å². The molecule has 0 saturated heterocycles. The van der Waals surface area contributed by atoms with Crippen LogP contribution in [0.25, 0.3) is 0 Å². The van der Waals surface area contributed by atoms with Gasteiger partial charge in [0.05, 0.1) is 11.8 Å². The Bertz CT molecular complexity index is 774. The average molecular weight is 371 g/mol. The van der Waals surface area contributed by atoms with Gasteiger partial charge in [0.1, 0.15) is 5.75 Å². The summed E-state index contributed by atoms with van der Waals surface area (Å²) in [5.74, 6) is 0.975. The van der Waals surface area contributed by atoms with E-state index in [1.807, 2.05) is 12.1 Å².